The second-order valence-electron chi connectivity index (χ2n) is 11.2. The molecule has 0 saturated carbocycles. The van der Waals surface area contributed by atoms with Gasteiger partial charge in [-0.2, -0.15) is 0 Å². The summed E-state index contributed by atoms with van der Waals surface area (Å²) in [4.78, 5) is 5.08. The first-order valence-electron chi connectivity index (χ1n) is 14.9. The van der Waals surface area contributed by atoms with Gasteiger partial charge in [-0.05, 0) is 91.3 Å². The number of rotatable bonds is 4. The zero-order chi connectivity index (χ0) is 28.8. The number of benzene rings is 6. The van der Waals surface area contributed by atoms with E-state index in [2.05, 4.69) is 158 Å². The van der Waals surface area contributed by atoms with Crippen molar-refractivity contribution in [2.24, 2.45) is 0 Å². The Hall–Kier alpha value is -5.47. The van der Waals surface area contributed by atoms with Gasteiger partial charge >= 0.3 is 0 Å². The van der Waals surface area contributed by atoms with Gasteiger partial charge in [-0.3, -0.25) is 0 Å². The fourth-order valence-corrected chi connectivity index (χ4v) is 6.54. The fourth-order valence-electron chi connectivity index (χ4n) is 6.54. The summed E-state index contributed by atoms with van der Waals surface area (Å²) in [5.74, 6) is 0. The molecule has 0 bridgehead atoms. The molecule has 43 heavy (non-hydrogen) atoms. The minimum Gasteiger partial charge on any atom is -0.387 e. The van der Waals surface area contributed by atoms with Crippen molar-refractivity contribution in [1.29, 1.82) is 0 Å². The van der Waals surface area contributed by atoms with Crippen LogP contribution in [0.15, 0.2) is 151 Å². The number of aromatic nitrogens is 1. The van der Waals surface area contributed by atoms with Gasteiger partial charge in [-0.15, -0.1) is 0 Å². The fraction of sp³-hybridized carbons (Fsp3) is 0.0488. The predicted molar refractivity (Wildman–Crippen MR) is 183 cm³/mol. The molecule has 0 aliphatic carbocycles. The molecule has 0 amide bonds. The highest BCUT2D eigenvalue weighted by atomic mass is 14.8. The lowest BCUT2D eigenvalue weighted by Gasteiger charge is -2.18. The molecule has 0 atom stereocenters. The lowest BCUT2D eigenvalue weighted by atomic mass is 9.85. The van der Waals surface area contributed by atoms with E-state index >= 15 is 0 Å². The summed E-state index contributed by atoms with van der Waals surface area (Å²) in [6, 6.07) is 48.3. The van der Waals surface area contributed by atoms with Crippen LogP contribution in [-0.4, -0.2) is 11.5 Å². The Kier molecular flexibility index (Phi) is 6.12. The number of pyridine rings is 1. The van der Waals surface area contributed by atoms with Crippen molar-refractivity contribution in [2.75, 3.05) is 6.54 Å². The van der Waals surface area contributed by atoms with Crippen molar-refractivity contribution in [2.45, 2.75) is 6.92 Å². The molecule has 204 valence electrons. The molecule has 2 heterocycles. The summed E-state index contributed by atoms with van der Waals surface area (Å²) in [5, 5.41) is 10.8. The number of hydrogen-bond acceptors (Lipinski definition) is 2. The van der Waals surface area contributed by atoms with Crippen LogP contribution in [0, 0.1) is 0 Å². The minimum absolute atomic E-state index is 0.863. The minimum atomic E-state index is 0.863. The molecule has 8 rings (SSSR count). The zero-order valence-electron chi connectivity index (χ0n) is 24.0. The van der Waals surface area contributed by atoms with E-state index in [1.54, 1.807) is 0 Å². The maximum atomic E-state index is 5.08. The van der Waals surface area contributed by atoms with Crippen LogP contribution < -0.4 is 5.32 Å². The van der Waals surface area contributed by atoms with Crippen molar-refractivity contribution in [3.8, 4) is 33.5 Å². The van der Waals surface area contributed by atoms with E-state index in [-0.39, 0.29) is 0 Å². The van der Waals surface area contributed by atoms with Gasteiger partial charge in [0.25, 0.3) is 0 Å². The Morgan fingerprint density at radius 3 is 1.77 bits per heavy atom. The number of allylic oxidation sites excluding steroid dienone is 2. The summed E-state index contributed by atoms with van der Waals surface area (Å²) in [5.41, 5.74) is 10.5. The summed E-state index contributed by atoms with van der Waals surface area (Å²) in [6.07, 6.45) is 4.28. The van der Waals surface area contributed by atoms with Crippen molar-refractivity contribution in [3.63, 3.8) is 0 Å². The van der Waals surface area contributed by atoms with Crippen molar-refractivity contribution in [3.05, 3.63) is 157 Å². The molecule has 2 nitrogen and oxygen atoms in total. The highest BCUT2D eigenvalue weighted by Gasteiger charge is 2.17. The average molecular weight is 551 g/mol. The number of hydrogen-bond donors (Lipinski definition) is 1. The van der Waals surface area contributed by atoms with Crippen LogP contribution >= 0.6 is 0 Å². The predicted octanol–water partition coefficient (Wildman–Crippen LogP) is 10.4. The lowest BCUT2D eigenvalue weighted by Crippen LogP contribution is -2.11. The molecule has 2 heteroatoms. The zero-order valence-corrected chi connectivity index (χ0v) is 24.0. The van der Waals surface area contributed by atoms with Gasteiger partial charge in [0.2, 0.25) is 0 Å². The Morgan fingerprint density at radius 2 is 1.09 bits per heavy atom. The smallest absolute Gasteiger partial charge is 0.0726 e. The highest BCUT2D eigenvalue weighted by molar-refractivity contribution is 6.21. The van der Waals surface area contributed by atoms with E-state index in [0.29, 0.717) is 0 Å². The van der Waals surface area contributed by atoms with Gasteiger partial charge in [0, 0.05) is 23.9 Å². The van der Waals surface area contributed by atoms with Gasteiger partial charge in [0.1, 0.15) is 0 Å². The first kappa shape index (κ1) is 25.3. The van der Waals surface area contributed by atoms with E-state index in [0.717, 1.165) is 29.1 Å². The summed E-state index contributed by atoms with van der Waals surface area (Å²) < 4.78 is 0. The Labute approximate surface area is 251 Å². The molecule has 1 aliphatic rings. The molecule has 0 unspecified atom stereocenters. The maximum absolute atomic E-state index is 5.08. The molecule has 1 N–H and O–H groups in total. The summed E-state index contributed by atoms with van der Waals surface area (Å²) >= 11 is 0. The standard InChI is InChI=1S/C41H30N2/c1-27-22-23-42-26-37(27)39-17-9-16-38(43-39)30-20-18-28-19-21-31(25-32(28)24-30)41-35-14-7-5-12-33(35)40(29-10-3-2-4-11-29)34-13-6-8-15-36(34)41/h2-22,24-26,42H,23H2,1H3. The maximum Gasteiger partial charge on any atom is 0.0726 e. The molecule has 0 spiro atoms. The van der Waals surface area contributed by atoms with Gasteiger partial charge in [0.05, 0.1) is 11.4 Å². The van der Waals surface area contributed by atoms with E-state index < -0.39 is 0 Å². The molecule has 6 aromatic carbocycles. The molecular formula is C41H30N2. The molecular weight excluding hydrogens is 520 g/mol. The first-order chi connectivity index (χ1) is 21.2. The van der Waals surface area contributed by atoms with Crippen LogP contribution in [0.5, 0.6) is 0 Å². The van der Waals surface area contributed by atoms with Gasteiger partial charge in [-0.1, -0.05) is 115 Å². The van der Waals surface area contributed by atoms with Gasteiger partial charge in [-0.25, -0.2) is 4.98 Å². The van der Waals surface area contributed by atoms with Crippen LogP contribution in [0.25, 0.3) is 71.4 Å². The van der Waals surface area contributed by atoms with E-state index in [9.17, 15) is 0 Å². The highest BCUT2D eigenvalue weighted by Crippen LogP contribution is 2.44. The Balaban J connectivity index is 1.31. The second kappa shape index (κ2) is 10.4. The topological polar surface area (TPSA) is 24.9 Å². The summed E-state index contributed by atoms with van der Waals surface area (Å²) in [6.45, 7) is 3.01. The second-order valence-corrected chi connectivity index (χ2v) is 11.2. The van der Waals surface area contributed by atoms with Gasteiger partial charge < -0.3 is 5.32 Å². The van der Waals surface area contributed by atoms with Crippen molar-refractivity contribution in [1.82, 2.24) is 10.3 Å². The summed E-state index contributed by atoms with van der Waals surface area (Å²) in [7, 11) is 0. The normalized spacial score (nSPS) is 13.1. The van der Waals surface area contributed by atoms with Crippen molar-refractivity contribution >= 4 is 37.9 Å². The molecule has 1 aliphatic heterocycles. The largest absolute Gasteiger partial charge is 0.387 e. The first-order valence-corrected chi connectivity index (χ1v) is 14.9. The van der Waals surface area contributed by atoms with Crippen LogP contribution in [-0.2, 0) is 0 Å². The molecule has 7 aromatic rings. The Morgan fingerprint density at radius 1 is 0.512 bits per heavy atom. The third-order valence-electron chi connectivity index (χ3n) is 8.64. The van der Waals surface area contributed by atoms with E-state index in [1.165, 1.54) is 60.1 Å². The monoisotopic (exact) mass is 550 g/mol. The number of nitrogens with one attached hydrogen (secondary N) is 1. The molecule has 0 saturated heterocycles. The van der Waals surface area contributed by atoms with E-state index in [4.69, 9.17) is 4.98 Å². The van der Waals surface area contributed by atoms with Gasteiger partial charge in [0.15, 0.2) is 0 Å². The van der Waals surface area contributed by atoms with Crippen LogP contribution in [0.2, 0.25) is 0 Å². The number of fused-ring (bicyclic) bond motifs is 3. The average Bonchev–Trinajstić information content (AvgIpc) is 3.07. The SMILES string of the molecule is CC1=CCNC=C1c1cccc(-c2ccc3ccc(-c4c5ccccc5c(-c5ccccc5)c5ccccc45)cc3c2)n1. The third kappa shape index (κ3) is 4.40. The molecule has 0 fully saturated rings. The number of nitrogens with zero attached hydrogens (tertiary/aromatic N) is 1. The van der Waals surface area contributed by atoms with Crippen LogP contribution in [0.4, 0.5) is 0 Å². The quantitative estimate of drug-likeness (QED) is 0.221. The lowest BCUT2D eigenvalue weighted by molar-refractivity contribution is 0.961. The van der Waals surface area contributed by atoms with Crippen LogP contribution in [0.1, 0.15) is 12.6 Å². The molecule has 1 aromatic heterocycles. The van der Waals surface area contributed by atoms with Crippen LogP contribution in [0.3, 0.4) is 0 Å². The molecule has 0 radical (unpaired) electrons. The van der Waals surface area contributed by atoms with Crippen molar-refractivity contribution < 1.29 is 0 Å². The Bertz CT molecular complexity index is 2180. The third-order valence-corrected chi connectivity index (χ3v) is 8.64. The van der Waals surface area contributed by atoms with E-state index in [1.807, 2.05) is 0 Å². The number of dihydropyridines is 1.